The Labute approximate surface area is 77.1 Å². The van der Waals surface area contributed by atoms with Gasteiger partial charge in [0.15, 0.2) is 0 Å². The summed E-state index contributed by atoms with van der Waals surface area (Å²) in [6, 6.07) is 1.56. The van der Waals surface area contributed by atoms with E-state index in [0.717, 1.165) is 12.0 Å². The Morgan fingerprint density at radius 1 is 1.25 bits per heavy atom. The minimum Gasteiger partial charge on any atom is -0.301 e. The summed E-state index contributed by atoms with van der Waals surface area (Å²) >= 11 is 0. The van der Waals surface area contributed by atoms with Gasteiger partial charge in [-0.05, 0) is 39.7 Å². The molecule has 1 nitrogen and oxygen atoms in total. The van der Waals surface area contributed by atoms with Gasteiger partial charge in [-0.2, -0.15) is 0 Å². The summed E-state index contributed by atoms with van der Waals surface area (Å²) < 4.78 is 0. The van der Waals surface area contributed by atoms with Gasteiger partial charge in [0.05, 0.1) is 0 Å². The average molecular weight is 169 g/mol. The first-order valence-corrected chi connectivity index (χ1v) is 5.33. The highest BCUT2D eigenvalue weighted by atomic mass is 15.1. The highest BCUT2D eigenvalue weighted by molar-refractivity contribution is 4.78. The third-order valence-corrected chi connectivity index (χ3v) is 3.30. The lowest BCUT2D eigenvalue weighted by molar-refractivity contribution is 0.133. The smallest absolute Gasteiger partial charge is 0.00974 e. The quantitative estimate of drug-likeness (QED) is 0.614. The molecule has 0 aromatic carbocycles. The van der Waals surface area contributed by atoms with E-state index in [1.807, 2.05) is 0 Å². The third-order valence-electron chi connectivity index (χ3n) is 3.30. The van der Waals surface area contributed by atoms with Crippen LogP contribution in [0.4, 0.5) is 0 Å². The molecule has 72 valence electrons. The van der Waals surface area contributed by atoms with Gasteiger partial charge in [0.2, 0.25) is 0 Å². The molecule has 0 N–H and O–H groups in total. The first-order chi connectivity index (χ1) is 5.61. The maximum atomic E-state index is 2.54. The lowest BCUT2D eigenvalue weighted by Crippen LogP contribution is -2.39. The van der Waals surface area contributed by atoms with Crippen molar-refractivity contribution in [3.05, 3.63) is 0 Å². The minimum atomic E-state index is 0.709. The molecule has 1 aliphatic carbocycles. The number of nitrogens with zero attached hydrogens (tertiary/aromatic N) is 1. The second-order valence-corrected chi connectivity index (χ2v) is 4.68. The fourth-order valence-electron chi connectivity index (χ4n) is 2.19. The molecule has 1 aliphatic rings. The first-order valence-electron chi connectivity index (χ1n) is 5.33. The van der Waals surface area contributed by atoms with Crippen molar-refractivity contribution in [3.63, 3.8) is 0 Å². The van der Waals surface area contributed by atoms with Gasteiger partial charge in [-0.25, -0.2) is 0 Å². The van der Waals surface area contributed by atoms with Crippen LogP contribution in [-0.4, -0.2) is 24.0 Å². The number of hydrogen-bond acceptors (Lipinski definition) is 1. The van der Waals surface area contributed by atoms with Crippen LogP contribution in [0.3, 0.4) is 0 Å². The van der Waals surface area contributed by atoms with Crippen molar-refractivity contribution in [1.82, 2.24) is 4.90 Å². The monoisotopic (exact) mass is 169 g/mol. The van der Waals surface area contributed by atoms with Crippen molar-refractivity contribution in [2.45, 2.75) is 58.5 Å². The Morgan fingerprint density at radius 3 is 2.42 bits per heavy atom. The average Bonchev–Trinajstić information content (AvgIpc) is 2.03. The maximum absolute atomic E-state index is 2.54. The summed E-state index contributed by atoms with van der Waals surface area (Å²) in [6.45, 7) is 6.97. The molecular formula is C11H23N. The number of rotatable bonds is 2. The highest BCUT2D eigenvalue weighted by Gasteiger charge is 2.23. The van der Waals surface area contributed by atoms with Gasteiger partial charge in [0.25, 0.3) is 0 Å². The molecule has 1 heteroatoms. The van der Waals surface area contributed by atoms with Crippen LogP contribution in [-0.2, 0) is 0 Å². The Kier molecular flexibility index (Phi) is 3.57. The summed E-state index contributed by atoms with van der Waals surface area (Å²) in [7, 11) is 2.27. The van der Waals surface area contributed by atoms with Crippen LogP contribution < -0.4 is 0 Å². The van der Waals surface area contributed by atoms with Crippen LogP contribution >= 0.6 is 0 Å². The molecule has 0 saturated heterocycles. The molecule has 0 aliphatic heterocycles. The predicted octanol–water partition coefficient (Wildman–Crippen LogP) is 2.91. The van der Waals surface area contributed by atoms with Crippen molar-refractivity contribution in [2.75, 3.05) is 7.05 Å². The van der Waals surface area contributed by atoms with E-state index in [0.29, 0.717) is 6.04 Å². The van der Waals surface area contributed by atoms with Crippen LogP contribution in [0.25, 0.3) is 0 Å². The molecule has 0 aromatic rings. The van der Waals surface area contributed by atoms with Gasteiger partial charge < -0.3 is 4.90 Å². The molecule has 2 atom stereocenters. The summed E-state index contributed by atoms with van der Waals surface area (Å²) in [5.74, 6) is 0.949. The Morgan fingerprint density at radius 2 is 1.92 bits per heavy atom. The summed E-state index contributed by atoms with van der Waals surface area (Å²) in [6.07, 6.45) is 5.71. The van der Waals surface area contributed by atoms with Crippen molar-refractivity contribution in [1.29, 1.82) is 0 Å². The molecule has 1 rings (SSSR count). The topological polar surface area (TPSA) is 3.24 Å². The Bertz CT molecular complexity index is 131. The summed E-state index contributed by atoms with van der Waals surface area (Å²) in [5.41, 5.74) is 0. The van der Waals surface area contributed by atoms with Crippen LogP contribution in [0.2, 0.25) is 0 Å². The van der Waals surface area contributed by atoms with Crippen molar-refractivity contribution in [2.24, 2.45) is 5.92 Å². The molecule has 2 unspecified atom stereocenters. The number of hydrogen-bond donors (Lipinski definition) is 0. The van der Waals surface area contributed by atoms with Gasteiger partial charge >= 0.3 is 0 Å². The van der Waals surface area contributed by atoms with Gasteiger partial charge in [-0.1, -0.05) is 19.8 Å². The summed E-state index contributed by atoms with van der Waals surface area (Å²) in [4.78, 5) is 2.54. The van der Waals surface area contributed by atoms with Crippen LogP contribution in [0.5, 0.6) is 0 Å². The van der Waals surface area contributed by atoms with E-state index in [2.05, 4.69) is 32.7 Å². The van der Waals surface area contributed by atoms with Gasteiger partial charge in [-0.3, -0.25) is 0 Å². The lowest BCUT2D eigenvalue weighted by atomic mass is 9.86. The SMILES string of the molecule is CC1CCCC(N(C)C(C)C)C1. The summed E-state index contributed by atoms with van der Waals surface area (Å²) in [5, 5.41) is 0. The molecule has 0 radical (unpaired) electrons. The molecular weight excluding hydrogens is 146 g/mol. The van der Waals surface area contributed by atoms with Crippen molar-refractivity contribution >= 4 is 0 Å². The van der Waals surface area contributed by atoms with E-state index in [9.17, 15) is 0 Å². The fraction of sp³-hybridized carbons (Fsp3) is 1.00. The lowest BCUT2D eigenvalue weighted by Gasteiger charge is -2.36. The van der Waals surface area contributed by atoms with Gasteiger partial charge in [-0.15, -0.1) is 0 Å². The van der Waals surface area contributed by atoms with E-state index >= 15 is 0 Å². The molecule has 0 amide bonds. The molecule has 0 heterocycles. The van der Waals surface area contributed by atoms with Crippen LogP contribution in [0, 0.1) is 5.92 Å². The first kappa shape index (κ1) is 10.0. The molecule has 0 bridgehead atoms. The molecule has 12 heavy (non-hydrogen) atoms. The largest absolute Gasteiger partial charge is 0.301 e. The second-order valence-electron chi connectivity index (χ2n) is 4.68. The fourth-order valence-corrected chi connectivity index (χ4v) is 2.19. The standard InChI is InChI=1S/C11H23N/c1-9(2)12(4)11-7-5-6-10(3)8-11/h9-11H,5-8H2,1-4H3. The zero-order valence-corrected chi connectivity index (χ0v) is 9.01. The Hall–Kier alpha value is -0.0400. The maximum Gasteiger partial charge on any atom is 0.00974 e. The molecule has 1 fully saturated rings. The van der Waals surface area contributed by atoms with Crippen LogP contribution in [0.1, 0.15) is 46.5 Å². The van der Waals surface area contributed by atoms with E-state index in [1.54, 1.807) is 0 Å². The Balaban J connectivity index is 2.40. The predicted molar refractivity (Wildman–Crippen MR) is 54.3 cm³/mol. The van der Waals surface area contributed by atoms with Crippen molar-refractivity contribution in [3.8, 4) is 0 Å². The van der Waals surface area contributed by atoms with E-state index in [4.69, 9.17) is 0 Å². The van der Waals surface area contributed by atoms with Crippen LogP contribution in [0.15, 0.2) is 0 Å². The molecule has 0 aromatic heterocycles. The van der Waals surface area contributed by atoms with E-state index in [-0.39, 0.29) is 0 Å². The van der Waals surface area contributed by atoms with E-state index in [1.165, 1.54) is 25.7 Å². The van der Waals surface area contributed by atoms with Gasteiger partial charge in [0.1, 0.15) is 0 Å². The highest BCUT2D eigenvalue weighted by Crippen LogP contribution is 2.27. The minimum absolute atomic E-state index is 0.709. The molecule has 1 saturated carbocycles. The normalized spacial score (nSPS) is 31.5. The molecule has 0 spiro atoms. The zero-order chi connectivity index (χ0) is 9.14. The van der Waals surface area contributed by atoms with E-state index < -0.39 is 0 Å². The third kappa shape index (κ3) is 2.48. The van der Waals surface area contributed by atoms with Gasteiger partial charge in [0, 0.05) is 12.1 Å². The second kappa shape index (κ2) is 4.27. The zero-order valence-electron chi connectivity index (χ0n) is 9.01. The van der Waals surface area contributed by atoms with Crippen molar-refractivity contribution < 1.29 is 0 Å².